The average Bonchev–Trinajstić information content (AvgIpc) is 3.13. The van der Waals surface area contributed by atoms with Gasteiger partial charge < -0.3 is 10.0 Å². The molecule has 0 radical (unpaired) electrons. The van der Waals surface area contributed by atoms with Crippen molar-refractivity contribution in [2.45, 2.75) is 28.8 Å². The molecule has 29 heavy (non-hydrogen) atoms. The fraction of sp³-hybridized carbons (Fsp3) is 0.158. The number of hydrogen-bond acceptors (Lipinski definition) is 6. The molecule has 3 aromatic rings. The Hall–Kier alpha value is -2.40. The summed E-state index contributed by atoms with van der Waals surface area (Å²) < 4.78 is 35.7. The van der Waals surface area contributed by atoms with Gasteiger partial charge in [-0.25, -0.2) is 0 Å². The number of para-hydroxylation sites is 1. The van der Waals surface area contributed by atoms with Crippen LogP contribution in [0.4, 0.5) is 5.69 Å². The first kappa shape index (κ1) is 18.6. The molecule has 0 fully saturated rings. The largest absolute Gasteiger partial charge is 0.481 e. The maximum Gasteiger partial charge on any atom is 0.305 e. The summed E-state index contributed by atoms with van der Waals surface area (Å²) in [6, 6.07) is 12.1. The Morgan fingerprint density at radius 2 is 2.03 bits per heavy atom. The van der Waals surface area contributed by atoms with Gasteiger partial charge in [0.25, 0.3) is 15.1 Å². The highest BCUT2D eigenvalue weighted by Gasteiger charge is 2.39. The molecule has 1 aromatic heterocycles. The van der Waals surface area contributed by atoms with Crippen LogP contribution in [-0.4, -0.2) is 30.1 Å². The van der Waals surface area contributed by atoms with Crippen LogP contribution in [-0.2, 0) is 21.5 Å². The number of thiazole rings is 1. The van der Waals surface area contributed by atoms with Crippen molar-refractivity contribution in [3.05, 3.63) is 52.5 Å². The van der Waals surface area contributed by atoms with Crippen LogP contribution in [0.1, 0.15) is 11.4 Å². The van der Waals surface area contributed by atoms with E-state index in [-0.39, 0.29) is 17.4 Å². The number of fused-ring (bicyclic) bond motifs is 6. The van der Waals surface area contributed by atoms with E-state index >= 15 is 0 Å². The molecule has 148 valence electrons. The second-order valence-electron chi connectivity index (χ2n) is 6.83. The number of thioether (sulfide) groups is 1. The normalized spacial score (nSPS) is 18.0. The lowest BCUT2D eigenvalue weighted by Crippen LogP contribution is -2.46. The first-order valence-electron chi connectivity index (χ1n) is 8.75. The maximum absolute atomic E-state index is 11.6. The molecule has 7 nitrogen and oxygen atoms in total. The minimum absolute atomic E-state index is 0.0615. The van der Waals surface area contributed by atoms with Crippen molar-refractivity contribution in [1.82, 2.24) is 0 Å². The molecule has 2 aliphatic rings. The molecule has 1 atom stereocenters. The zero-order valence-electron chi connectivity index (χ0n) is 14.8. The summed E-state index contributed by atoms with van der Waals surface area (Å²) in [6.07, 6.45) is 1.96. The number of carboxylic acids is 1. The Labute approximate surface area is 174 Å². The van der Waals surface area contributed by atoms with E-state index in [0.29, 0.717) is 11.4 Å². The van der Waals surface area contributed by atoms with Crippen LogP contribution >= 0.6 is 23.1 Å². The van der Waals surface area contributed by atoms with Crippen LogP contribution < -0.4 is 9.47 Å². The Balaban J connectivity index is 1.68. The maximum atomic E-state index is 11.6. The van der Waals surface area contributed by atoms with Gasteiger partial charge in [0.15, 0.2) is 6.54 Å². The van der Waals surface area contributed by atoms with Crippen molar-refractivity contribution in [1.29, 1.82) is 0 Å². The fourth-order valence-electron chi connectivity index (χ4n) is 3.80. The van der Waals surface area contributed by atoms with Gasteiger partial charge in [-0.15, -0.1) is 0 Å². The van der Waals surface area contributed by atoms with Crippen LogP contribution in [0.3, 0.4) is 0 Å². The molecule has 10 heteroatoms. The van der Waals surface area contributed by atoms with Crippen molar-refractivity contribution >= 4 is 61.2 Å². The molecule has 1 unspecified atom stereocenters. The van der Waals surface area contributed by atoms with Crippen LogP contribution in [0, 0.1) is 0 Å². The number of carbonyl (C=O) groups is 1. The Bertz CT molecular complexity index is 1310. The molecule has 0 saturated carbocycles. The number of nitrogens with zero attached hydrogens (tertiary/aromatic N) is 2. The molecule has 5 rings (SSSR count). The van der Waals surface area contributed by atoms with E-state index in [1.807, 2.05) is 35.2 Å². The lowest BCUT2D eigenvalue weighted by atomic mass is 10.1. The minimum atomic E-state index is -4.31. The number of aliphatic carboxylic acids is 1. The van der Waals surface area contributed by atoms with E-state index in [1.54, 1.807) is 17.4 Å². The lowest BCUT2D eigenvalue weighted by Gasteiger charge is -2.26. The molecule has 0 amide bonds. The van der Waals surface area contributed by atoms with Crippen LogP contribution in [0.2, 0.25) is 0 Å². The Kier molecular flexibility index (Phi) is 4.21. The molecule has 2 N–H and O–H groups in total. The van der Waals surface area contributed by atoms with E-state index in [0.717, 1.165) is 25.9 Å². The molecule has 0 bridgehead atoms. The Morgan fingerprint density at radius 3 is 2.79 bits per heavy atom. The smallest absolute Gasteiger partial charge is 0.305 e. The molecular weight excluding hydrogens is 432 g/mol. The minimum Gasteiger partial charge on any atom is -0.481 e. The monoisotopic (exact) mass is 447 g/mol. The average molecular weight is 448 g/mol. The molecular formula is C19H15N2O5S3+. The van der Waals surface area contributed by atoms with E-state index in [2.05, 4.69) is 4.57 Å². The van der Waals surface area contributed by atoms with Gasteiger partial charge in [-0.05, 0) is 24.3 Å². The van der Waals surface area contributed by atoms with Crippen molar-refractivity contribution < 1.29 is 27.4 Å². The highest BCUT2D eigenvalue weighted by atomic mass is 32.2. The number of rotatable bonds is 3. The molecule has 2 aliphatic heterocycles. The summed E-state index contributed by atoms with van der Waals surface area (Å²) in [5.41, 5.74) is 1.81. The van der Waals surface area contributed by atoms with Gasteiger partial charge in [0, 0.05) is 11.0 Å². The van der Waals surface area contributed by atoms with Gasteiger partial charge >= 0.3 is 5.97 Å². The Morgan fingerprint density at radius 1 is 1.24 bits per heavy atom. The summed E-state index contributed by atoms with van der Waals surface area (Å²) in [4.78, 5) is 14.1. The van der Waals surface area contributed by atoms with Gasteiger partial charge in [-0.1, -0.05) is 35.2 Å². The highest BCUT2D eigenvalue weighted by molar-refractivity contribution is 8.04. The molecule has 0 spiro atoms. The zero-order valence-corrected chi connectivity index (χ0v) is 17.3. The van der Waals surface area contributed by atoms with E-state index in [1.165, 1.54) is 23.9 Å². The van der Waals surface area contributed by atoms with Crippen LogP contribution in [0.5, 0.6) is 0 Å². The topological polar surface area (TPSA) is 98.8 Å². The standard InChI is InChI=1S/C19H14N2O5S3/c22-19(23)7-11-10-20-13-3-1-2-4-15(13)27-17(20)9-18-21(11)14-6-5-12(29(24,25)26)8-16(14)28-18/h1-6,8-9,11H,7,10H2,(H-,22,23,24,25,26)/p+1. The SMILES string of the molecule is O=C(O)CC1C[n+]2c(sc3ccccc32)C=C2Sc3cc(S(=O)(=O)O)ccc3N21. The van der Waals surface area contributed by atoms with Crippen molar-refractivity contribution in [3.8, 4) is 0 Å². The molecule has 2 aromatic carbocycles. The first-order chi connectivity index (χ1) is 13.8. The number of carboxylic acid groups (broad SMARTS) is 1. The van der Waals surface area contributed by atoms with Crippen molar-refractivity contribution in [2.75, 3.05) is 4.90 Å². The molecule has 0 saturated heterocycles. The van der Waals surface area contributed by atoms with Crippen LogP contribution in [0.15, 0.2) is 57.3 Å². The third kappa shape index (κ3) is 3.12. The van der Waals surface area contributed by atoms with E-state index in [9.17, 15) is 22.9 Å². The predicted octanol–water partition coefficient (Wildman–Crippen LogP) is 3.20. The second kappa shape index (κ2) is 6.56. The third-order valence-corrected chi connectivity index (χ3v) is 8.03. The summed E-state index contributed by atoms with van der Waals surface area (Å²) in [6.45, 7) is 0.492. The van der Waals surface area contributed by atoms with Crippen molar-refractivity contribution in [2.24, 2.45) is 0 Å². The second-order valence-corrected chi connectivity index (χ2v) is 10.4. The van der Waals surface area contributed by atoms with E-state index in [4.69, 9.17) is 0 Å². The van der Waals surface area contributed by atoms with Gasteiger partial charge in [0.2, 0.25) is 5.52 Å². The summed E-state index contributed by atoms with van der Waals surface area (Å²) in [7, 11) is -4.31. The summed E-state index contributed by atoms with van der Waals surface area (Å²) in [5, 5.41) is 11.4. The summed E-state index contributed by atoms with van der Waals surface area (Å²) >= 11 is 3.01. The highest BCUT2D eigenvalue weighted by Crippen LogP contribution is 2.50. The van der Waals surface area contributed by atoms with Gasteiger partial charge in [0.05, 0.1) is 28.1 Å². The number of anilines is 1. The van der Waals surface area contributed by atoms with E-state index < -0.39 is 16.1 Å². The fourth-order valence-corrected chi connectivity index (χ4v) is 6.76. The lowest BCUT2D eigenvalue weighted by molar-refractivity contribution is -0.670. The first-order valence-corrected chi connectivity index (χ1v) is 11.8. The zero-order chi connectivity index (χ0) is 20.3. The predicted molar refractivity (Wildman–Crippen MR) is 111 cm³/mol. The quantitative estimate of drug-likeness (QED) is 0.470. The molecule has 3 heterocycles. The summed E-state index contributed by atoms with van der Waals surface area (Å²) in [5.74, 6) is -0.897. The van der Waals surface area contributed by atoms with Gasteiger partial charge in [-0.2, -0.15) is 13.0 Å². The third-order valence-electron chi connectivity index (χ3n) is 4.99. The van der Waals surface area contributed by atoms with Crippen molar-refractivity contribution in [3.63, 3.8) is 0 Å². The van der Waals surface area contributed by atoms with Gasteiger partial charge in [-0.3, -0.25) is 9.35 Å². The van der Waals surface area contributed by atoms with Crippen LogP contribution in [0.25, 0.3) is 16.3 Å². The number of benzene rings is 2. The molecule has 0 aliphatic carbocycles. The number of hydrogen-bond donors (Lipinski definition) is 2. The number of aromatic nitrogens is 1. The van der Waals surface area contributed by atoms with Gasteiger partial charge in [0.1, 0.15) is 10.7 Å².